The van der Waals surface area contributed by atoms with Crippen LogP contribution in [0.1, 0.15) is 118 Å². The van der Waals surface area contributed by atoms with Crippen LogP contribution in [0.3, 0.4) is 0 Å². The lowest BCUT2D eigenvalue weighted by molar-refractivity contribution is 0.0679. The van der Waals surface area contributed by atoms with Gasteiger partial charge >= 0.3 is 35.8 Å². The van der Waals surface area contributed by atoms with Crippen molar-refractivity contribution in [2.75, 3.05) is 64.1 Å². The summed E-state index contributed by atoms with van der Waals surface area (Å²) in [5.41, 5.74) is 41.0. The number of nitrogens with two attached hydrogens (primary N) is 6. The van der Waals surface area contributed by atoms with E-state index in [1.54, 1.807) is 104 Å². The van der Waals surface area contributed by atoms with Gasteiger partial charge in [-0.05, 0) is 138 Å². The van der Waals surface area contributed by atoms with Gasteiger partial charge < -0.3 is 97.7 Å². The monoisotopic (exact) mass is 1590 g/mol. The molecular weight excluding hydrogens is 1520 g/mol. The molecule has 0 bridgehead atoms. The molecule has 0 aliphatic carbocycles. The fourth-order valence-electron chi connectivity index (χ4n) is 9.71. The second-order valence-electron chi connectivity index (χ2n) is 23.6. The number of thiazole rings is 3. The Hall–Kier alpha value is -13.7. The van der Waals surface area contributed by atoms with Crippen LogP contribution in [0.15, 0.2) is 159 Å². The molecule has 36 heteroatoms. The summed E-state index contributed by atoms with van der Waals surface area (Å²) in [5, 5.41) is 73.8. The van der Waals surface area contributed by atoms with Crippen LogP contribution < -0.4 is 53.8 Å². The number of carboxylic acid groups (broad SMARTS) is 6. The van der Waals surface area contributed by atoms with Crippen LogP contribution in [-0.2, 0) is 39.3 Å². The molecule has 0 unspecified atom stereocenters. The van der Waals surface area contributed by atoms with Gasteiger partial charge in [0.15, 0.2) is 51.4 Å². The van der Waals surface area contributed by atoms with Crippen molar-refractivity contribution in [1.29, 1.82) is 10.5 Å². The summed E-state index contributed by atoms with van der Waals surface area (Å²) in [6.45, 7) is 0.849. The smallest absolute Gasteiger partial charge is 0.358 e. The van der Waals surface area contributed by atoms with Crippen molar-refractivity contribution in [3.05, 3.63) is 235 Å². The normalized spacial score (nSPS) is 10.4. The van der Waals surface area contributed by atoms with Crippen LogP contribution in [0.4, 0.5) is 17.1 Å². The zero-order valence-electron chi connectivity index (χ0n) is 61.6. The summed E-state index contributed by atoms with van der Waals surface area (Å²) in [4.78, 5) is 97.9. The van der Waals surface area contributed by atoms with Crippen molar-refractivity contribution in [2.24, 2.45) is 34.4 Å². The minimum Gasteiger partial charge on any atom is -0.497 e. The van der Waals surface area contributed by atoms with E-state index in [1.165, 1.54) is 34.0 Å². The van der Waals surface area contributed by atoms with E-state index in [9.17, 15) is 33.9 Å². The first-order valence-corrected chi connectivity index (χ1v) is 35.7. The third kappa shape index (κ3) is 23.4. The largest absolute Gasteiger partial charge is 0.497 e. The summed E-state index contributed by atoms with van der Waals surface area (Å²) in [6, 6.07) is 47.1. The molecule has 18 N–H and O–H groups in total. The zero-order chi connectivity index (χ0) is 82.8. The molecule has 0 amide bonds. The summed E-state index contributed by atoms with van der Waals surface area (Å²) >= 11 is 3.88. The predicted octanol–water partition coefficient (Wildman–Crippen LogP) is 10.8. The van der Waals surface area contributed by atoms with Gasteiger partial charge in [0.05, 0.1) is 64.6 Å². The van der Waals surface area contributed by atoms with Gasteiger partial charge in [-0.15, -0.1) is 34.0 Å². The Balaban J connectivity index is 0.000000188. The number of oxazole rings is 3. The second-order valence-corrected chi connectivity index (χ2v) is 26.9. The van der Waals surface area contributed by atoms with Crippen molar-refractivity contribution in [3.8, 4) is 71.9 Å². The number of nitriles is 2. The average Bonchev–Trinajstić information content (AvgIpc) is 1.70. The van der Waals surface area contributed by atoms with Crippen LogP contribution >= 0.6 is 34.0 Å². The number of benzene rings is 6. The highest BCUT2D eigenvalue weighted by Crippen LogP contribution is 2.35. The molecule has 584 valence electrons. The van der Waals surface area contributed by atoms with Crippen LogP contribution in [0.25, 0.3) is 66.1 Å². The maximum atomic E-state index is 11.2. The first-order valence-electron chi connectivity index (χ1n) is 33.3. The standard InChI is InChI=1S/C15H17N3O3.C13H15N3O3.C13H15N3O2S.C12H9N3O3.C12H9N3O2S.C12H12N2O3S/c1-18(2)11-6-3-10(4-7-11)5-8-12-14(15(19)20)17-13(9-16)21-12;2*1-16(2)9-5-3-8(4-6-9)12-11(13(17)18)15-10(7-14)19-12;2*13-5-7-1-3-8(4-2-7)11-10(12(16)17)15-9(6-14)18-11;1-17-8-4-2-7(3-5-8)11-10(12(15)16)14-9(6-13)18-11/h3-8H,9,16H2,1-2H3,(H,19,20);2*3-6H,7,14H2,1-2H3,(H,17,18);2*1-4H,6,14H2,(H,16,17);2-5H,6,13H2,1H3,(H,15,16)/b8-5+;;;;;. The molecule has 0 atom stereocenters. The highest BCUT2D eigenvalue weighted by molar-refractivity contribution is 7.16. The highest BCUT2D eigenvalue weighted by atomic mass is 32.1. The fraction of sp³-hybridized carbons (Fsp3) is 0.169. The molecule has 0 aliphatic heterocycles. The second kappa shape index (κ2) is 41.2. The van der Waals surface area contributed by atoms with Crippen LogP contribution in [0.5, 0.6) is 5.75 Å². The first-order chi connectivity index (χ1) is 54.0. The summed E-state index contributed by atoms with van der Waals surface area (Å²) in [5.74, 6) is -4.73. The number of hydrogen-bond acceptors (Lipinski definition) is 30. The number of anilines is 3. The van der Waals surface area contributed by atoms with Crippen LogP contribution in [0.2, 0.25) is 0 Å². The Morgan fingerprint density at radius 1 is 0.381 bits per heavy atom. The molecule has 33 nitrogen and oxygen atoms in total. The molecule has 0 saturated heterocycles. The van der Waals surface area contributed by atoms with Gasteiger partial charge in [-0.25, -0.2) is 58.7 Å². The lowest BCUT2D eigenvalue weighted by Gasteiger charge is -2.12. The van der Waals surface area contributed by atoms with E-state index < -0.39 is 35.8 Å². The van der Waals surface area contributed by atoms with E-state index >= 15 is 0 Å². The average molecular weight is 1590 g/mol. The minimum atomic E-state index is -1.18. The van der Waals surface area contributed by atoms with Gasteiger partial charge in [-0.2, -0.15) is 10.5 Å². The van der Waals surface area contributed by atoms with Gasteiger partial charge in [0.1, 0.15) is 20.8 Å². The maximum Gasteiger partial charge on any atom is 0.358 e. The highest BCUT2D eigenvalue weighted by Gasteiger charge is 2.25. The van der Waals surface area contributed by atoms with E-state index in [4.69, 9.17) is 88.4 Å². The molecule has 113 heavy (non-hydrogen) atoms. The molecule has 6 aromatic heterocycles. The molecule has 0 radical (unpaired) electrons. The van der Waals surface area contributed by atoms with Crippen LogP contribution in [0, 0.1) is 22.7 Å². The number of ether oxygens (including phenoxy) is 1. The fourth-order valence-corrected chi connectivity index (χ4v) is 12.5. The Morgan fingerprint density at radius 3 is 0.956 bits per heavy atom. The molecule has 0 saturated carbocycles. The molecule has 12 rings (SSSR count). The Morgan fingerprint density at radius 2 is 0.664 bits per heavy atom. The lowest BCUT2D eigenvalue weighted by Crippen LogP contribution is -2.08. The summed E-state index contributed by atoms with van der Waals surface area (Å²) in [6.07, 6.45) is 3.35. The van der Waals surface area contributed by atoms with Crippen molar-refractivity contribution < 1.29 is 77.4 Å². The zero-order valence-corrected chi connectivity index (χ0v) is 64.1. The molecular formula is C77H77N17O16S3. The Kier molecular flexibility index (Phi) is 31.6. The number of aromatic carboxylic acids is 6. The van der Waals surface area contributed by atoms with Gasteiger partial charge in [0.25, 0.3) is 0 Å². The summed E-state index contributed by atoms with van der Waals surface area (Å²) < 4.78 is 21.0. The molecule has 6 heterocycles. The maximum absolute atomic E-state index is 11.2. The molecule has 0 fully saturated rings. The van der Waals surface area contributed by atoms with Crippen molar-refractivity contribution in [2.45, 2.75) is 39.3 Å². The number of carbonyl (C=O) groups is 6. The number of methoxy groups -OCH3 is 1. The van der Waals surface area contributed by atoms with E-state index in [2.05, 4.69) is 29.9 Å². The predicted molar refractivity (Wildman–Crippen MR) is 426 cm³/mol. The molecule has 0 aliphatic rings. The van der Waals surface area contributed by atoms with Crippen molar-refractivity contribution in [3.63, 3.8) is 0 Å². The first kappa shape index (κ1) is 86.6. The molecule has 6 aromatic carbocycles. The van der Waals surface area contributed by atoms with Gasteiger partial charge in [-0.3, -0.25) is 0 Å². The third-order valence-electron chi connectivity index (χ3n) is 15.4. The quantitative estimate of drug-likeness (QED) is 0.0283. The lowest BCUT2D eigenvalue weighted by atomic mass is 10.1. The number of carboxylic acids is 6. The SMILES string of the molecule is CN(C)c1ccc(-c2oc(CN)nc2C(=O)O)cc1.CN(C)c1ccc(-c2sc(CN)nc2C(=O)O)cc1.CN(C)c1ccc(/C=C/c2oc(CN)nc2C(=O)O)cc1.COc1ccc(-c2sc(CN)nc2C(=O)O)cc1.N#Cc1ccc(-c2oc(CN)nc2C(=O)O)cc1.N#Cc1ccc(-c2sc(CN)nc2C(=O)O)cc1. The summed E-state index contributed by atoms with van der Waals surface area (Å²) in [7, 11) is 13.3. The number of nitrogens with zero attached hydrogens (tertiary/aromatic N) is 11. The Labute approximate surface area is 657 Å². The minimum absolute atomic E-state index is 0.00478. The van der Waals surface area contributed by atoms with E-state index in [1.807, 2.05) is 130 Å². The van der Waals surface area contributed by atoms with Gasteiger partial charge in [-0.1, -0.05) is 42.5 Å². The topological polar surface area (TPSA) is 563 Å². The van der Waals surface area contributed by atoms with Crippen molar-refractivity contribution in [1.82, 2.24) is 29.9 Å². The number of rotatable bonds is 23. The molecule has 12 aromatic rings. The van der Waals surface area contributed by atoms with E-state index in [0.29, 0.717) is 51.9 Å². The van der Waals surface area contributed by atoms with Gasteiger partial charge in [0.2, 0.25) is 17.7 Å². The Bertz CT molecular complexity index is 5150. The number of hydrogen-bond donors (Lipinski definition) is 12. The van der Waals surface area contributed by atoms with Gasteiger partial charge in [0, 0.05) is 90.1 Å². The van der Waals surface area contributed by atoms with Crippen LogP contribution in [-0.4, -0.2) is 146 Å². The molecule has 0 spiro atoms. The third-order valence-corrected chi connectivity index (χ3v) is 18.7. The van der Waals surface area contributed by atoms with Crippen molar-refractivity contribution >= 4 is 99.0 Å². The number of aromatic nitrogens is 6. The van der Waals surface area contributed by atoms with E-state index in [0.717, 1.165) is 45.1 Å². The van der Waals surface area contributed by atoms with E-state index in [-0.39, 0.29) is 108 Å².